The number of unbranched alkanes of at least 4 members (excludes halogenated alkanes) is 1. The average Bonchev–Trinajstić information content (AvgIpc) is 2.96. The van der Waals surface area contributed by atoms with E-state index in [-0.39, 0.29) is 11.3 Å². The lowest BCUT2D eigenvalue weighted by molar-refractivity contribution is -0.137. The number of aromatic hydroxyl groups is 1. The van der Waals surface area contributed by atoms with E-state index in [1.54, 1.807) is 12.1 Å². The van der Waals surface area contributed by atoms with Gasteiger partial charge in [-0.3, -0.25) is 0 Å². The van der Waals surface area contributed by atoms with Gasteiger partial charge in [-0.05, 0) is 42.7 Å². The van der Waals surface area contributed by atoms with E-state index in [1.165, 1.54) is 10.9 Å². The Morgan fingerprint density at radius 1 is 1.08 bits per heavy atom. The normalized spacial score (nSPS) is 12.0. The predicted octanol–water partition coefficient (Wildman–Crippen LogP) is 4.49. The van der Waals surface area contributed by atoms with Crippen molar-refractivity contribution in [2.45, 2.75) is 32.4 Å². The Balaban J connectivity index is 2.04. The van der Waals surface area contributed by atoms with Gasteiger partial charge in [0.05, 0.1) is 5.56 Å². The molecule has 0 spiro atoms. The number of phenolic OH excluding ortho intramolecular Hbond substituents is 1. The molecule has 0 bridgehead atoms. The second kappa shape index (κ2) is 6.14. The van der Waals surface area contributed by atoms with E-state index < -0.39 is 11.7 Å². The van der Waals surface area contributed by atoms with Crippen molar-refractivity contribution in [2.75, 3.05) is 0 Å². The standard InChI is InChI=1S/C17H16F3N3O/c1-2-3-5-11-6-4-7-15(16(11)24)23-21-13-9-8-12(17(18,19)20)10-14(13)22-23/h4,6-10,24H,2-3,5H2,1H3. The van der Waals surface area contributed by atoms with Gasteiger partial charge in [-0.25, -0.2) is 0 Å². The number of hydrogen-bond donors (Lipinski definition) is 1. The molecule has 3 rings (SSSR count). The molecule has 3 aromatic rings. The topological polar surface area (TPSA) is 50.9 Å². The van der Waals surface area contributed by atoms with Gasteiger partial charge < -0.3 is 5.11 Å². The van der Waals surface area contributed by atoms with Crippen molar-refractivity contribution in [3.05, 3.63) is 47.5 Å². The Labute approximate surface area is 136 Å². The summed E-state index contributed by atoms with van der Waals surface area (Å²) < 4.78 is 38.4. The first-order chi connectivity index (χ1) is 11.4. The Hall–Kier alpha value is -2.57. The molecule has 7 heteroatoms. The number of aromatic nitrogens is 3. The smallest absolute Gasteiger partial charge is 0.416 e. The number of fused-ring (bicyclic) bond motifs is 1. The van der Waals surface area contributed by atoms with Crippen molar-refractivity contribution in [1.29, 1.82) is 0 Å². The van der Waals surface area contributed by atoms with Crippen LogP contribution in [0.3, 0.4) is 0 Å². The summed E-state index contributed by atoms with van der Waals surface area (Å²) in [5, 5.41) is 18.6. The number of aryl methyl sites for hydroxylation is 1. The third kappa shape index (κ3) is 3.06. The van der Waals surface area contributed by atoms with Gasteiger partial charge in [0.25, 0.3) is 0 Å². The summed E-state index contributed by atoms with van der Waals surface area (Å²) in [6.07, 6.45) is -1.79. The van der Waals surface area contributed by atoms with Crippen LogP contribution >= 0.6 is 0 Å². The molecule has 0 aliphatic heterocycles. The minimum absolute atomic E-state index is 0.0577. The van der Waals surface area contributed by atoms with Gasteiger partial charge in [-0.1, -0.05) is 25.5 Å². The van der Waals surface area contributed by atoms with Crippen LogP contribution in [0.25, 0.3) is 16.7 Å². The van der Waals surface area contributed by atoms with Crippen LogP contribution in [0.15, 0.2) is 36.4 Å². The Morgan fingerprint density at radius 3 is 2.54 bits per heavy atom. The molecule has 0 unspecified atom stereocenters. The van der Waals surface area contributed by atoms with Crippen LogP contribution in [0.1, 0.15) is 30.9 Å². The molecule has 0 radical (unpaired) electrons. The summed E-state index contributed by atoms with van der Waals surface area (Å²) in [5.41, 5.74) is 0.813. The van der Waals surface area contributed by atoms with Gasteiger partial charge >= 0.3 is 6.18 Å². The second-order valence-corrected chi connectivity index (χ2v) is 5.58. The largest absolute Gasteiger partial charge is 0.505 e. The van der Waals surface area contributed by atoms with Crippen LogP contribution in [0, 0.1) is 0 Å². The first-order valence-corrected chi connectivity index (χ1v) is 7.65. The molecule has 0 aliphatic rings. The van der Waals surface area contributed by atoms with Gasteiger partial charge in [0.15, 0.2) is 0 Å². The number of phenols is 1. The first kappa shape index (κ1) is 16.3. The quantitative estimate of drug-likeness (QED) is 0.764. The number of rotatable bonds is 4. The Kier molecular flexibility index (Phi) is 4.17. The molecule has 0 amide bonds. The van der Waals surface area contributed by atoms with Gasteiger partial charge in [0.2, 0.25) is 0 Å². The summed E-state index contributed by atoms with van der Waals surface area (Å²) in [5.74, 6) is 0.0577. The molecule has 1 aromatic heterocycles. The predicted molar refractivity (Wildman–Crippen MR) is 84.1 cm³/mol. The monoisotopic (exact) mass is 335 g/mol. The zero-order valence-electron chi connectivity index (χ0n) is 13.0. The Morgan fingerprint density at radius 2 is 1.83 bits per heavy atom. The minimum atomic E-state index is -4.43. The molecule has 0 aliphatic carbocycles. The summed E-state index contributed by atoms with van der Waals surface area (Å²) >= 11 is 0. The van der Waals surface area contributed by atoms with E-state index in [4.69, 9.17) is 0 Å². The molecule has 0 fully saturated rings. The van der Waals surface area contributed by atoms with Crippen molar-refractivity contribution >= 4 is 11.0 Å². The number of para-hydroxylation sites is 1. The van der Waals surface area contributed by atoms with Crippen LogP contribution in [0.5, 0.6) is 5.75 Å². The lowest BCUT2D eigenvalue weighted by Gasteiger charge is -2.08. The summed E-state index contributed by atoms with van der Waals surface area (Å²) in [6.45, 7) is 2.06. The van der Waals surface area contributed by atoms with E-state index in [9.17, 15) is 18.3 Å². The SMILES string of the molecule is CCCCc1cccc(-n2nc3ccc(C(F)(F)F)cc3n2)c1O. The number of nitrogens with zero attached hydrogens (tertiary/aromatic N) is 3. The Bertz CT molecular complexity index is 871. The summed E-state index contributed by atoms with van der Waals surface area (Å²) in [7, 11) is 0. The highest BCUT2D eigenvalue weighted by Crippen LogP contribution is 2.31. The third-order valence-electron chi connectivity index (χ3n) is 3.82. The van der Waals surface area contributed by atoms with Gasteiger partial charge in [0, 0.05) is 0 Å². The molecule has 1 N–H and O–H groups in total. The maximum Gasteiger partial charge on any atom is 0.416 e. The lowest BCUT2D eigenvalue weighted by Crippen LogP contribution is -2.04. The fourth-order valence-corrected chi connectivity index (χ4v) is 2.51. The molecule has 0 atom stereocenters. The van der Waals surface area contributed by atoms with Crippen LogP contribution in [-0.2, 0) is 12.6 Å². The molecule has 2 aromatic carbocycles. The van der Waals surface area contributed by atoms with Crippen LogP contribution < -0.4 is 0 Å². The molecule has 24 heavy (non-hydrogen) atoms. The van der Waals surface area contributed by atoms with E-state index in [0.717, 1.165) is 37.0 Å². The fraction of sp³-hybridized carbons (Fsp3) is 0.294. The molecule has 0 saturated heterocycles. The fourth-order valence-electron chi connectivity index (χ4n) is 2.51. The van der Waals surface area contributed by atoms with E-state index in [2.05, 4.69) is 17.1 Å². The number of alkyl halides is 3. The van der Waals surface area contributed by atoms with Crippen molar-refractivity contribution in [3.8, 4) is 11.4 Å². The number of hydrogen-bond acceptors (Lipinski definition) is 3. The molecule has 0 saturated carbocycles. The molecular weight excluding hydrogens is 319 g/mol. The van der Waals surface area contributed by atoms with E-state index in [1.807, 2.05) is 6.07 Å². The molecule has 126 valence electrons. The third-order valence-corrected chi connectivity index (χ3v) is 3.82. The highest BCUT2D eigenvalue weighted by molar-refractivity contribution is 5.75. The van der Waals surface area contributed by atoms with Crippen LogP contribution in [-0.4, -0.2) is 20.1 Å². The van der Waals surface area contributed by atoms with Crippen molar-refractivity contribution in [1.82, 2.24) is 15.0 Å². The number of benzene rings is 2. The van der Waals surface area contributed by atoms with Crippen molar-refractivity contribution in [2.24, 2.45) is 0 Å². The average molecular weight is 335 g/mol. The van der Waals surface area contributed by atoms with Crippen molar-refractivity contribution in [3.63, 3.8) is 0 Å². The molecular formula is C17H16F3N3O. The van der Waals surface area contributed by atoms with E-state index >= 15 is 0 Å². The highest BCUT2D eigenvalue weighted by Gasteiger charge is 2.31. The van der Waals surface area contributed by atoms with Crippen LogP contribution in [0.4, 0.5) is 13.2 Å². The van der Waals surface area contributed by atoms with Gasteiger partial charge in [-0.15, -0.1) is 15.0 Å². The highest BCUT2D eigenvalue weighted by atomic mass is 19.4. The summed E-state index contributed by atoms with van der Waals surface area (Å²) in [6, 6.07) is 8.43. The maximum absolute atomic E-state index is 12.8. The zero-order chi connectivity index (χ0) is 17.3. The summed E-state index contributed by atoms with van der Waals surface area (Å²) in [4.78, 5) is 1.18. The van der Waals surface area contributed by atoms with Gasteiger partial charge in [-0.2, -0.15) is 13.2 Å². The van der Waals surface area contributed by atoms with Crippen molar-refractivity contribution < 1.29 is 18.3 Å². The van der Waals surface area contributed by atoms with Gasteiger partial charge in [0.1, 0.15) is 22.5 Å². The molecule has 4 nitrogen and oxygen atoms in total. The maximum atomic E-state index is 12.8. The lowest BCUT2D eigenvalue weighted by atomic mass is 10.1. The zero-order valence-corrected chi connectivity index (χ0v) is 13.0. The second-order valence-electron chi connectivity index (χ2n) is 5.58. The minimum Gasteiger partial charge on any atom is -0.505 e. The first-order valence-electron chi connectivity index (χ1n) is 7.65. The molecule has 1 heterocycles. The van der Waals surface area contributed by atoms with E-state index in [0.29, 0.717) is 11.2 Å². The van der Waals surface area contributed by atoms with Crippen LogP contribution in [0.2, 0.25) is 0 Å². The number of halogens is 3.